The van der Waals surface area contributed by atoms with Crippen LogP contribution in [0.15, 0.2) is 35.0 Å². The second-order valence-corrected chi connectivity index (χ2v) is 6.19. The van der Waals surface area contributed by atoms with Gasteiger partial charge < -0.3 is 10.2 Å². The standard InChI is InChI=1S/C16H19N3OS/c1-12-4-2-6-15(17-12)19-8-3-5-14(10-19)18-16(20)13-7-9-21-11-13/h2,4,6-7,9,11,14H,3,5,8,10H2,1H3,(H,18,20)/t14-/m0/s1. The molecule has 2 aromatic heterocycles. The van der Waals surface area contributed by atoms with Crippen LogP contribution in [0.25, 0.3) is 0 Å². The van der Waals surface area contributed by atoms with E-state index in [2.05, 4.69) is 15.2 Å². The molecule has 1 saturated heterocycles. The number of pyridine rings is 1. The Kier molecular flexibility index (Phi) is 4.20. The number of nitrogens with one attached hydrogen (secondary N) is 1. The number of amides is 1. The van der Waals surface area contributed by atoms with Gasteiger partial charge in [0.15, 0.2) is 0 Å². The van der Waals surface area contributed by atoms with Gasteiger partial charge in [0.2, 0.25) is 0 Å². The van der Waals surface area contributed by atoms with Crippen LogP contribution in [0.1, 0.15) is 28.9 Å². The fourth-order valence-corrected chi connectivity index (χ4v) is 3.31. The van der Waals surface area contributed by atoms with Gasteiger partial charge in [-0.1, -0.05) is 6.07 Å². The number of piperidine rings is 1. The molecule has 1 N–H and O–H groups in total. The molecule has 110 valence electrons. The zero-order valence-corrected chi connectivity index (χ0v) is 12.9. The predicted molar refractivity (Wildman–Crippen MR) is 86.0 cm³/mol. The van der Waals surface area contributed by atoms with Crippen molar-refractivity contribution in [1.82, 2.24) is 10.3 Å². The summed E-state index contributed by atoms with van der Waals surface area (Å²) in [5.41, 5.74) is 1.78. The van der Waals surface area contributed by atoms with Crippen LogP contribution in [0.5, 0.6) is 0 Å². The van der Waals surface area contributed by atoms with Crippen LogP contribution in [0.4, 0.5) is 5.82 Å². The molecule has 1 atom stereocenters. The summed E-state index contributed by atoms with van der Waals surface area (Å²) in [4.78, 5) is 19.0. The molecule has 2 aromatic rings. The number of hydrogen-bond donors (Lipinski definition) is 1. The molecule has 1 fully saturated rings. The molecule has 0 saturated carbocycles. The van der Waals surface area contributed by atoms with Gasteiger partial charge in [0.25, 0.3) is 5.91 Å². The maximum atomic E-state index is 12.1. The molecule has 1 amide bonds. The third kappa shape index (κ3) is 3.42. The van der Waals surface area contributed by atoms with Gasteiger partial charge in [0.05, 0.1) is 0 Å². The van der Waals surface area contributed by atoms with Crippen molar-refractivity contribution in [3.8, 4) is 0 Å². The van der Waals surface area contributed by atoms with E-state index in [1.807, 2.05) is 41.9 Å². The lowest BCUT2D eigenvalue weighted by molar-refractivity contribution is 0.0933. The topological polar surface area (TPSA) is 45.2 Å². The number of nitrogens with zero attached hydrogens (tertiary/aromatic N) is 2. The van der Waals surface area contributed by atoms with Crippen molar-refractivity contribution < 1.29 is 4.79 Å². The van der Waals surface area contributed by atoms with Crippen molar-refractivity contribution in [3.05, 3.63) is 46.3 Å². The van der Waals surface area contributed by atoms with Gasteiger partial charge in [-0.15, -0.1) is 0 Å². The lowest BCUT2D eigenvalue weighted by Gasteiger charge is -2.34. The Balaban J connectivity index is 1.64. The van der Waals surface area contributed by atoms with Crippen LogP contribution in [0, 0.1) is 6.92 Å². The summed E-state index contributed by atoms with van der Waals surface area (Å²) < 4.78 is 0. The number of anilines is 1. The zero-order chi connectivity index (χ0) is 14.7. The molecule has 0 radical (unpaired) electrons. The Labute approximate surface area is 128 Å². The number of carbonyl (C=O) groups is 1. The van der Waals surface area contributed by atoms with E-state index in [9.17, 15) is 4.79 Å². The molecular weight excluding hydrogens is 282 g/mol. The minimum Gasteiger partial charge on any atom is -0.355 e. The van der Waals surface area contributed by atoms with Crippen molar-refractivity contribution in [2.24, 2.45) is 0 Å². The third-order valence-corrected chi connectivity index (χ3v) is 4.42. The molecule has 0 unspecified atom stereocenters. The van der Waals surface area contributed by atoms with Crippen LogP contribution in [0.3, 0.4) is 0 Å². The first-order chi connectivity index (χ1) is 10.2. The lowest BCUT2D eigenvalue weighted by atomic mass is 10.1. The van der Waals surface area contributed by atoms with Crippen molar-refractivity contribution in [2.45, 2.75) is 25.8 Å². The first kappa shape index (κ1) is 14.1. The Hall–Kier alpha value is -1.88. The van der Waals surface area contributed by atoms with Gasteiger partial charge in [0.1, 0.15) is 5.82 Å². The number of thiophene rings is 1. The highest BCUT2D eigenvalue weighted by molar-refractivity contribution is 7.08. The van der Waals surface area contributed by atoms with Crippen LogP contribution in [-0.4, -0.2) is 30.0 Å². The molecule has 0 aliphatic carbocycles. The maximum Gasteiger partial charge on any atom is 0.252 e. The van der Waals surface area contributed by atoms with E-state index in [1.165, 1.54) is 0 Å². The molecule has 5 heteroatoms. The molecule has 0 bridgehead atoms. The highest BCUT2D eigenvalue weighted by Crippen LogP contribution is 2.18. The second-order valence-electron chi connectivity index (χ2n) is 5.41. The second kappa shape index (κ2) is 6.26. The van der Waals surface area contributed by atoms with Gasteiger partial charge in [-0.2, -0.15) is 11.3 Å². The average Bonchev–Trinajstić information content (AvgIpc) is 3.02. The highest BCUT2D eigenvalue weighted by atomic mass is 32.1. The first-order valence-electron chi connectivity index (χ1n) is 7.24. The average molecular weight is 301 g/mol. The Morgan fingerprint density at radius 3 is 3.10 bits per heavy atom. The third-order valence-electron chi connectivity index (χ3n) is 3.74. The molecule has 0 aromatic carbocycles. The summed E-state index contributed by atoms with van der Waals surface area (Å²) in [7, 11) is 0. The minimum atomic E-state index is 0.0281. The van der Waals surface area contributed by atoms with Crippen molar-refractivity contribution >= 4 is 23.1 Å². The molecule has 1 aliphatic rings. The largest absolute Gasteiger partial charge is 0.355 e. The summed E-state index contributed by atoms with van der Waals surface area (Å²) in [5.74, 6) is 1.03. The number of rotatable bonds is 3. The van der Waals surface area contributed by atoms with Crippen molar-refractivity contribution in [3.63, 3.8) is 0 Å². The molecule has 4 nitrogen and oxygen atoms in total. The molecule has 21 heavy (non-hydrogen) atoms. The molecular formula is C16H19N3OS. The highest BCUT2D eigenvalue weighted by Gasteiger charge is 2.22. The lowest BCUT2D eigenvalue weighted by Crippen LogP contribution is -2.48. The summed E-state index contributed by atoms with van der Waals surface area (Å²) in [6.07, 6.45) is 2.10. The van der Waals surface area contributed by atoms with E-state index in [-0.39, 0.29) is 11.9 Å². The van der Waals surface area contributed by atoms with E-state index in [0.29, 0.717) is 0 Å². The summed E-state index contributed by atoms with van der Waals surface area (Å²) >= 11 is 1.55. The zero-order valence-electron chi connectivity index (χ0n) is 12.1. The van der Waals surface area contributed by atoms with Crippen LogP contribution < -0.4 is 10.2 Å². The number of carbonyl (C=O) groups excluding carboxylic acids is 1. The van der Waals surface area contributed by atoms with Crippen molar-refractivity contribution in [2.75, 3.05) is 18.0 Å². The SMILES string of the molecule is Cc1cccc(N2CCC[C@H](NC(=O)c3ccsc3)C2)n1. The smallest absolute Gasteiger partial charge is 0.252 e. The fraction of sp³-hybridized carbons (Fsp3) is 0.375. The predicted octanol–water partition coefficient (Wildman–Crippen LogP) is 2.85. The molecule has 0 spiro atoms. The monoisotopic (exact) mass is 301 g/mol. The van der Waals surface area contributed by atoms with Gasteiger partial charge >= 0.3 is 0 Å². The summed E-state index contributed by atoms with van der Waals surface area (Å²) in [5, 5.41) is 6.95. The normalized spacial score (nSPS) is 18.5. The summed E-state index contributed by atoms with van der Waals surface area (Å²) in [6, 6.07) is 8.13. The quantitative estimate of drug-likeness (QED) is 0.948. The van der Waals surface area contributed by atoms with E-state index >= 15 is 0 Å². The molecule has 3 heterocycles. The van der Waals surface area contributed by atoms with Crippen LogP contribution in [-0.2, 0) is 0 Å². The molecule has 1 aliphatic heterocycles. The fourth-order valence-electron chi connectivity index (χ4n) is 2.67. The van der Waals surface area contributed by atoms with E-state index < -0.39 is 0 Å². The first-order valence-corrected chi connectivity index (χ1v) is 8.18. The van der Waals surface area contributed by atoms with Crippen LogP contribution in [0.2, 0.25) is 0 Å². The van der Waals surface area contributed by atoms with Gasteiger partial charge in [-0.3, -0.25) is 4.79 Å². The van der Waals surface area contributed by atoms with Crippen LogP contribution >= 0.6 is 11.3 Å². The van der Waals surface area contributed by atoms with Crippen molar-refractivity contribution in [1.29, 1.82) is 0 Å². The van der Waals surface area contributed by atoms with E-state index in [0.717, 1.165) is 43.0 Å². The van der Waals surface area contributed by atoms with Gasteiger partial charge in [-0.05, 0) is 43.3 Å². The van der Waals surface area contributed by atoms with Gasteiger partial charge in [-0.25, -0.2) is 4.98 Å². The number of aromatic nitrogens is 1. The van der Waals surface area contributed by atoms with E-state index in [4.69, 9.17) is 0 Å². The number of hydrogen-bond acceptors (Lipinski definition) is 4. The molecule has 3 rings (SSSR count). The number of aryl methyl sites for hydroxylation is 1. The minimum absolute atomic E-state index is 0.0281. The Morgan fingerprint density at radius 2 is 2.33 bits per heavy atom. The summed E-state index contributed by atoms with van der Waals surface area (Å²) in [6.45, 7) is 3.83. The maximum absolute atomic E-state index is 12.1. The van der Waals surface area contributed by atoms with E-state index in [1.54, 1.807) is 11.3 Å². The van der Waals surface area contributed by atoms with Gasteiger partial charge in [0, 0.05) is 35.8 Å². The Bertz CT molecular complexity index is 612. The Morgan fingerprint density at radius 1 is 1.43 bits per heavy atom.